The van der Waals surface area contributed by atoms with Gasteiger partial charge in [0.25, 0.3) is 6.43 Å². The van der Waals surface area contributed by atoms with Crippen molar-refractivity contribution >= 4 is 22.4 Å². The number of fused-ring (bicyclic) bond motifs is 2. The van der Waals surface area contributed by atoms with Crippen molar-refractivity contribution in [3.05, 3.63) is 76.0 Å². The van der Waals surface area contributed by atoms with E-state index in [2.05, 4.69) is 15.2 Å². The van der Waals surface area contributed by atoms with E-state index in [4.69, 9.17) is 0 Å². The van der Waals surface area contributed by atoms with Crippen LogP contribution in [0.1, 0.15) is 48.9 Å². The van der Waals surface area contributed by atoms with E-state index in [-0.39, 0.29) is 11.3 Å². The van der Waals surface area contributed by atoms with Crippen LogP contribution in [0.15, 0.2) is 53.5 Å². The molecular formula is C31H35F2N5O. The van der Waals surface area contributed by atoms with Gasteiger partial charge in [-0.3, -0.25) is 14.1 Å². The van der Waals surface area contributed by atoms with Gasteiger partial charge >= 0.3 is 5.69 Å². The van der Waals surface area contributed by atoms with Crippen molar-refractivity contribution in [1.29, 1.82) is 0 Å². The fraction of sp³-hybridized carbons (Fsp3) is 0.419. The van der Waals surface area contributed by atoms with Gasteiger partial charge in [-0.2, -0.15) is 0 Å². The number of imidazole rings is 1. The number of alkyl halides is 2. The molecule has 1 saturated heterocycles. The lowest BCUT2D eigenvalue weighted by Gasteiger charge is -2.32. The van der Waals surface area contributed by atoms with E-state index in [9.17, 15) is 13.6 Å². The van der Waals surface area contributed by atoms with E-state index in [1.807, 2.05) is 36.4 Å². The third kappa shape index (κ3) is 4.86. The highest BCUT2D eigenvalue weighted by Crippen LogP contribution is 2.41. The van der Waals surface area contributed by atoms with E-state index in [0.717, 1.165) is 90.5 Å². The summed E-state index contributed by atoms with van der Waals surface area (Å²) in [6.45, 7) is 2.90. The summed E-state index contributed by atoms with van der Waals surface area (Å²) in [7, 11) is 3.51. The minimum absolute atomic E-state index is 0.0260. The van der Waals surface area contributed by atoms with Crippen molar-refractivity contribution in [2.24, 2.45) is 20.0 Å². The largest absolute Gasteiger partial charge is 0.341 e. The Balaban J connectivity index is 1.31. The number of benzene rings is 2. The van der Waals surface area contributed by atoms with Crippen LogP contribution in [0.5, 0.6) is 0 Å². The molecule has 39 heavy (non-hydrogen) atoms. The summed E-state index contributed by atoms with van der Waals surface area (Å²) < 4.78 is 32.1. The summed E-state index contributed by atoms with van der Waals surface area (Å²) in [6.07, 6.45) is 5.35. The Labute approximate surface area is 227 Å². The van der Waals surface area contributed by atoms with Crippen molar-refractivity contribution < 1.29 is 8.78 Å². The summed E-state index contributed by atoms with van der Waals surface area (Å²) in [5.41, 5.74) is 6.69. The quantitative estimate of drug-likeness (QED) is 0.337. The molecule has 0 spiro atoms. The predicted octanol–water partition coefficient (Wildman–Crippen LogP) is 5.89. The van der Waals surface area contributed by atoms with Crippen LogP contribution in [0.2, 0.25) is 0 Å². The number of aryl methyl sites for hydroxylation is 4. The second-order valence-corrected chi connectivity index (χ2v) is 11.0. The monoisotopic (exact) mass is 531 g/mol. The van der Waals surface area contributed by atoms with Crippen LogP contribution < -0.4 is 15.9 Å². The van der Waals surface area contributed by atoms with E-state index < -0.39 is 6.43 Å². The second-order valence-electron chi connectivity index (χ2n) is 11.0. The van der Waals surface area contributed by atoms with Gasteiger partial charge in [-0.05, 0) is 105 Å². The van der Waals surface area contributed by atoms with Crippen molar-refractivity contribution in [3.8, 4) is 11.1 Å². The lowest BCUT2D eigenvalue weighted by atomic mass is 9.91. The molecule has 2 aromatic carbocycles. The van der Waals surface area contributed by atoms with Gasteiger partial charge in [-0.25, -0.2) is 13.6 Å². The molecule has 0 amide bonds. The molecule has 0 radical (unpaired) electrons. The lowest BCUT2D eigenvalue weighted by molar-refractivity contribution is 0.152. The highest BCUT2D eigenvalue weighted by atomic mass is 19.3. The number of rotatable bonds is 6. The highest BCUT2D eigenvalue weighted by molar-refractivity contribution is 5.84. The molecule has 8 heteroatoms. The SMILES string of the molecule is Cn1c(=O)n(C)c2cc(N3CCCc4cc(-c5ccc(CCC6CCNCC6)nc5)c(C(F)F)cc43)ccc21. The van der Waals surface area contributed by atoms with Gasteiger partial charge in [-0.15, -0.1) is 0 Å². The number of nitrogens with zero attached hydrogens (tertiary/aromatic N) is 4. The van der Waals surface area contributed by atoms with Crippen LogP contribution in [0, 0.1) is 5.92 Å². The van der Waals surface area contributed by atoms with Gasteiger partial charge < -0.3 is 10.2 Å². The molecule has 204 valence electrons. The Kier molecular flexibility index (Phi) is 6.97. The molecule has 0 saturated carbocycles. The molecule has 1 N–H and O–H groups in total. The first-order chi connectivity index (χ1) is 18.9. The van der Waals surface area contributed by atoms with Gasteiger partial charge in [0.05, 0.1) is 11.0 Å². The summed E-state index contributed by atoms with van der Waals surface area (Å²) in [6, 6.07) is 13.4. The van der Waals surface area contributed by atoms with Gasteiger partial charge in [-0.1, -0.05) is 6.07 Å². The van der Waals surface area contributed by atoms with Gasteiger partial charge in [0, 0.05) is 55.0 Å². The zero-order valence-electron chi connectivity index (χ0n) is 22.6. The van der Waals surface area contributed by atoms with Gasteiger partial charge in [0.2, 0.25) is 0 Å². The number of hydrogen-bond donors (Lipinski definition) is 1. The number of aromatic nitrogens is 3. The number of hydrogen-bond acceptors (Lipinski definition) is 4. The van der Waals surface area contributed by atoms with Crippen LogP contribution in [-0.2, 0) is 26.9 Å². The number of piperidine rings is 1. The van der Waals surface area contributed by atoms with Gasteiger partial charge in [0.15, 0.2) is 0 Å². The van der Waals surface area contributed by atoms with Crippen molar-refractivity contribution in [2.75, 3.05) is 24.5 Å². The number of anilines is 2. The van der Waals surface area contributed by atoms with Crippen LogP contribution in [0.3, 0.4) is 0 Å². The maximum atomic E-state index is 14.4. The summed E-state index contributed by atoms with van der Waals surface area (Å²) in [5, 5.41) is 3.41. The third-order valence-electron chi connectivity index (χ3n) is 8.57. The molecule has 4 heterocycles. The number of halogens is 2. The Morgan fingerprint density at radius 1 is 1.03 bits per heavy atom. The standard InChI is InChI=1S/C31H35F2N5O/c1-36-27-10-9-24(17-29(27)37(2)31(36)39)38-15-3-4-21-16-25(26(30(32)33)18-28(21)38)22-6-8-23(35-19-22)7-5-20-11-13-34-14-12-20/h6,8-10,16-20,30,34H,3-5,7,11-15H2,1-2H3. The van der Waals surface area contributed by atoms with Gasteiger partial charge in [0.1, 0.15) is 0 Å². The maximum absolute atomic E-state index is 14.4. The van der Waals surface area contributed by atoms with Crippen molar-refractivity contribution in [3.63, 3.8) is 0 Å². The number of nitrogens with one attached hydrogen (secondary N) is 1. The zero-order valence-corrected chi connectivity index (χ0v) is 22.6. The highest BCUT2D eigenvalue weighted by Gasteiger charge is 2.25. The first-order valence-corrected chi connectivity index (χ1v) is 13.9. The first-order valence-electron chi connectivity index (χ1n) is 13.9. The minimum Gasteiger partial charge on any atom is -0.341 e. The normalized spacial score (nSPS) is 16.3. The molecule has 2 aliphatic rings. The molecule has 6 nitrogen and oxygen atoms in total. The summed E-state index contributed by atoms with van der Waals surface area (Å²) >= 11 is 0. The van der Waals surface area contributed by atoms with E-state index in [0.29, 0.717) is 5.56 Å². The first kappa shape index (κ1) is 25.7. The van der Waals surface area contributed by atoms with Crippen LogP contribution in [0.4, 0.5) is 20.2 Å². The summed E-state index contributed by atoms with van der Waals surface area (Å²) in [5.74, 6) is 0.731. The third-order valence-corrected chi connectivity index (χ3v) is 8.57. The predicted molar refractivity (Wildman–Crippen MR) is 152 cm³/mol. The Morgan fingerprint density at radius 3 is 2.56 bits per heavy atom. The fourth-order valence-corrected chi connectivity index (χ4v) is 6.26. The molecule has 0 atom stereocenters. The number of pyridine rings is 1. The fourth-order valence-electron chi connectivity index (χ4n) is 6.26. The van der Waals surface area contributed by atoms with Crippen molar-refractivity contribution in [1.82, 2.24) is 19.4 Å². The second kappa shape index (κ2) is 10.6. The Bertz CT molecular complexity index is 1550. The minimum atomic E-state index is -2.61. The molecule has 2 aromatic heterocycles. The van der Waals surface area contributed by atoms with E-state index in [1.165, 1.54) is 12.8 Å². The average molecular weight is 532 g/mol. The topological polar surface area (TPSA) is 55.1 Å². The molecule has 2 aliphatic heterocycles. The molecule has 4 aromatic rings. The Morgan fingerprint density at radius 2 is 1.82 bits per heavy atom. The lowest BCUT2D eigenvalue weighted by Crippen LogP contribution is -2.27. The maximum Gasteiger partial charge on any atom is 0.328 e. The zero-order chi connectivity index (χ0) is 27.1. The van der Waals surface area contributed by atoms with E-state index >= 15 is 0 Å². The Hall–Kier alpha value is -3.52. The van der Waals surface area contributed by atoms with Crippen LogP contribution >= 0.6 is 0 Å². The summed E-state index contributed by atoms with van der Waals surface area (Å²) in [4.78, 5) is 19.2. The van der Waals surface area contributed by atoms with Crippen LogP contribution in [0.25, 0.3) is 22.2 Å². The molecule has 1 fully saturated rings. The molecule has 0 unspecified atom stereocenters. The smallest absolute Gasteiger partial charge is 0.328 e. The molecule has 0 aliphatic carbocycles. The molecule has 0 bridgehead atoms. The molecule has 6 rings (SSSR count). The average Bonchev–Trinajstić information content (AvgIpc) is 3.19. The van der Waals surface area contributed by atoms with E-state index in [1.54, 1.807) is 35.5 Å². The van der Waals surface area contributed by atoms with Crippen LogP contribution in [-0.4, -0.2) is 33.8 Å². The molecular weight excluding hydrogens is 496 g/mol. The van der Waals surface area contributed by atoms with Crippen molar-refractivity contribution in [2.45, 2.75) is 45.0 Å².